The van der Waals surface area contributed by atoms with Crippen LogP contribution in [0.1, 0.15) is 26.2 Å². The van der Waals surface area contributed by atoms with E-state index in [4.69, 9.17) is 10.3 Å². The van der Waals surface area contributed by atoms with E-state index in [1.807, 2.05) is 6.92 Å². The van der Waals surface area contributed by atoms with Gasteiger partial charge < -0.3 is 15.6 Å². The van der Waals surface area contributed by atoms with Crippen LogP contribution >= 0.6 is 0 Å². The lowest BCUT2D eigenvalue weighted by Crippen LogP contribution is -2.57. The molecule has 1 aliphatic rings. The van der Waals surface area contributed by atoms with Crippen molar-refractivity contribution in [3.05, 3.63) is 0 Å². The third-order valence-electron chi connectivity index (χ3n) is 2.84. The third kappa shape index (κ3) is 5.83. The molecule has 0 bridgehead atoms. The second kappa shape index (κ2) is 9.21. The first kappa shape index (κ1) is 18.3. The Morgan fingerprint density at radius 2 is 2.05 bits per heavy atom. The van der Waals surface area contributed by atoms with Gasteiger partial charge in [0.05, 0.1) is 5.75 Å². The molecule has 1 saturated heterocycles. The van der Waals surface area contributed by atoms with Crippen LogP contribution in [0.5, 0.6) is 0 Å². The zero-order valence-corrected chi connectivity index (χ0v) is 11.9. The summed E-state index contributed by atoms with van der Waals surface area (Å²) in [7, 11) is -3.44. The van der Waals surface area contributed by atoms with Gasteiger partial charge in [-0.1, -0.05) is 19.8 Å². The zero-order chi connectivity index (χ0) is 14.9. The molecule has 0 spiro atoms. The predicted octanol–water partition coefficient (Wildman–Crippen LogP) is -0.801. The first-order valence-electron chi connectivity index (χ1n) is 6.18. The van der Waals surface area contributed by atoms with Crippen LogP contribution in [0.3, 0.4) is 0 Å². The first-order valence-corrected chi connectivity index (χ1v) is 7.79. The van der Waals surface area contributed by atoms with Gasteiger partial charge in [0.2, 0.25) is 10.0 Å². The second-order valence-corrected chi connectivity index (χ2v) is 6.23. The maximum absolute atomic E-state index is 12.0. The van der Waals surface area contributed by atoms with E-state index in [9.17, 15) is 13.2 Å². The number of piperazine rings is 1. The highest BCUT2D eigenvalue weighted by atomic mass is 32.2. The molecule has 0 amide bonds. The molecule has 5 N–H and O–H groups in total. The van der Waals surface area contributed by atoms with Crippen LogP contribution in [-0.4, -0.2) is 60.4 Å². The normalized spacial score (nSPS) is 20.5. The van der Waals surface area contributed by atoms with Gasteiger partial charge in [0.15, 0.2) is 0 Å². The van der Waals surface area contributed by atoms with Crippen molar-refractivity contribution in [2.24, 2.45) is 5.90 Å². The summed E-state index contributed by atoms with van der Waals surface area (Å²) in [6, 6.07) is -0.963. The number of hydrogen-bond donors (Lipinski definition) is 4. The minimum Gasteiger partial charge on any atom is -0.480 e. The van der Waals surface area contributed by atoms with Crippen molar-refractivity contribution in [2.45, 2.75) is 32.2 Å². The quantitative estimate of drug-likeness (QED) is 0.372. The number of carboxylic acid groups (broad SMARTS) is 1. The fourth-order valence-electron chi connectivity index (χ4n) is 1.88. The van der Waals surface area contributed by atoms with Crippen molar-refractivity contribution in [3.8, 4) is 0 Å². The number of rotatable bonds is 6. The Bertz CT molecular complexity index is 360. The molecule has 9 heteroatoms. The van der Waals surface area contributed by atoms with Gasteiger partial charge in [0.25, 0.3) is 0 Å². The fourth-order valence-corrected chi connectivity index (χ4v) is 3.61. The molecule has 0 aromatic rings. The standard InChI is InChI=1S/C10H20N2O4S.H3NO/c1-2-3-4-7-17(15,16)12-6-5-11-8-9(12)10(13)14;1-2/h9,11H,2-8H2,1H3,(H,13,14);2H,1H2. The molecule has 8 nitrogen and oxygen atoms in total. The van der Waals surface area contributed by atoms with Gasteiger partial charge in [-0.05, 0) is 6.42 Å². The molecule has 19 heavy (non-hydrogen) atoms. The van der Waals surface area contributed by atoms with Crippen LogP contribution in [0, 0.1) is 0 Å². The molecule has 0 aliphatic carbocycles. The van der Waals surface area contributed by atoms with Gasteiger partial charge in [0.1, 0.15) is 6.04 Å². The Hall–Kier alpha value is -0.740. The van der Waals surface area contributed by atoms with Crippen molar-refractivity contribution < 1.29 is 23.5 Å². The number of nitrogens with one attached hydrogen (secondary N) is 1. The molecule has 0 aromatic carbocycles. The summed E-state index contributed by atoms with van der Waals surface area (Å²) in [6.07, 6.45) is 2.39. The Balaban J connectivity index is 0.00000154. The molecule has 1 unspecified atom stereocenters. The van der Waals surface area contributed by atoms with Gasteiger partial charge >= 0.3 is 5.97 Å². The van der Waals surface area contributed by atoms with Gasteiger partial charge in [-0.3, -0.25) is 4.79 Å². The van der Waals surface area contributed by atoms with Crippen LogP contribution in [0.4, 0.5) is 0 Å². The summed E-state index contributed by atoms with van der Waals surface area (Å²) < 4.78 is 25.1. The minimum absolute atomic E-state index is 0.0463. The SMILES string of the molecule is CCCCCS(=O)(=O)N1CCNCC1C(=O)O.NO. The highest BCUT2D eigenvalue weighted by molar-refractivity contribution is 7.89. The van der Waals surface area contributed by atoms with Crippen molar-refractivity contribution >= 4 is 16.0 Å². The van der Waals surface area contributed by atoms with E-state index in [-0.39, 0.29) is 18.8 Å². The summed E-state index contributed by atoms with van der Waals surface area (Å²) in [5.74, 6) is 2.46. The topological polar surface area (TPSA) is 133 Å². The number of hydrogen-bond acceptors (Lipinski definition) is 6. The highest BCUT2D eigenvalue weighted by Crippen LogP contribution is 2.12. The van der Waals surface area contributed by atoms with E-state index >= 15 is 0 Å². The molecule has 114 valence electrons. The highest BCUT2D eigenvalue weighted by Gasteiger charge is 2.36. The van der Waals surface area contributed by atoms with Crippen LogP contribution in [-0.2, 0) is 14.8 Å². The summed E-state index contributed by atoms with van der Waals surface area (Å²) >= 11 is 0. The number of sulfonamides is 1. The Labute approximate surface area is 113 Å². The Morgan fingerprint density at radius 3 is 2.58 bits per heavy atom. The number of nitrogens with zero attached hydrogens (tertiary/aromatic N) is 1. The molecule has 0 aromatic heterocycles. The predicted molar refractivity (Wildman–Crippen MR) is 70.3 cm³/mol. The monoisotopic (exact) mass is 297 g/mol. The fraction of sp³-hybridized carbons (Fsp3) is 0.900. The number of carboxylic acids is 1. The Morgan fingerprint density at radius 1 is 1.42 bits per heavy atom. The number of carbonyl (C=O) groups is 1. The van der Waals surface area contributed by atoms with Gasteiger partial charge in [-0.2, -0.15) is 4.31 Å². The zero-order valence-electron chi connectivity index (χ0n) is 11.1. The van der Waals surface area contributed by atoms with E-state index < -0.39 is 22.0 Å². The van der Waals surface area contributed by atoms with Gasteiger partial charge in [0, 0.05) is 19.6 Å². The molecular weight excluding hydrogens is 274 g/mol. The van der Waals surface area contributed by atoms with E-state index in [0.717, 1.165) is 17.1 Å². The van der Waals surface area contributed by atoms with Crippen LogP contribution < -0.4 is 11.2 Å². The molecule has 1 atom stereocenters. The molecular formula is C10H23N3O5S. The molecule has 1 heterocycles. The average Bonchev–Trinajstić information content (AvgIpc) is 2.41. The summed E-state index contributed by atoms with van der Waals surface area (Å²) in [5, 5.41) is 18.4. The van der Waals surface area contributed by atoms with Crippen LogP contribution in [0.25, 0.3) is 0 Å². The van der Waals surface area contributed by atoms with Crippen LogP contribution in [0.2, 0.25) is 0 Å². The lowest BCUT2D eigenvalue weighted by atomic mass is 10.2. The lowest BCUT2D eigenvalue weighted by Gasteiger charge is -2.32. The summed E-state index contributed by atoms with van der Waals surface area (Å²) in [5.41, 5.74) is 0. The summed E-state index contributed by atoms with van der Waals surface area (Å²) in [4.78, 5) is 11.0. The molecule has 0 radical (unpaired) electrons. The van der Waals surface area contributed by atoms with Crippen molar-refractivity contribution in [1.82, 2.24) is 9.62 Å². The van der Waals surface area contributed by atoms with Crippen LogP contribution in [0.15, 0.2) is 0 Å². The third-order valence-corrected chi connectivity index (χ3v) is 4.80. The second-order valence-electron chi connectivity index (χ2n) is 4.19. The lowest BCUT2D eigenvalue weighted by molar-refractivity contribution is -0.141. The average molecular weight is 297 g/mol. The van der Waals surface area contributed by atoms with E-state index in [1.165, 1.54) is 0 Å². The van der Waals surface area contributed by atoms with E-state index in [2.05, 4.69) is 11.2 Å². The number of nitrogens with two attached hydrogens (primary N) is 1. The maximum Gasteiger partial charge on any atom is 0.323 e. The first-order chi connectivity index (χ1) is 8.99. The van der Waals surface area contributed by atoms with E-state index in [0.29, 0.717) is 13.0 Å². The van der Waals surface area contributed by atoms with E-state index in [1.54, 1.807) is 0 Å². The maximum atomic E-state index is 12.0. The molecule has 1 fully saturated rings. The molecule has 1 aliphatic heterocycles. The van der Waals surface area contributed by atoms with Crippen molar-refractivity contribution in [3.63, 3.8) is 0 Å². The molecule has 0 saturated carbocycles. The molecule has 1 rings (SSSR count). The van der Waals surface area contributed by atoms with Crippen molar-refractivity contribution in [1.29, 1.82) is 0 Å². The largest absolute Gasteiger partial charge is 0.480 e. The van der Waals surface area contributed by atoms with Gasteiger partial charge in [-0.25, -0.2) is 14.3 Å². The summed E-state index contributed by atoms with van der Waals surface area (Å²) in [6.45, 7) is 2.93. The van der Waals surface area contributed by atoms with Crippen molar-refractivity contribution in [2.75, 3.05) is 25.4 Å². The Kier molecular flexibility index (Phi) is 8.85. The number of aliphatic carboxylic acids is 1. The number of unbranched alkanes of at least 4 members (excludes halogenated alkanes) is 2. The smallest absolute Gasteiger partial charge is 0.323 e. The minimum atomic E-state index is -3.44. The van der Waals surface area contributed by atoms with Gasteiger partial charge in [-0.15, -0.1) is 0 Å².